The number of esters is 1. The molecular formula is C34H31N3O5. The zero-order valence-corrected chi connectivity index (χ0v) is 24.1. The summed E-state index contributed by atoms with van der Waals surface area (Å²) < 4.78 is 18.4. The number of amides is 1. The van der Waals surface area contributed by atoms with Crippen LogP contribution >= 0.6 is 0 Å². The fourth-order valence-electron chi connectivity index (χ4n) is 4.72. The highest BCUT2D eigenvalue weighted by molar-refractivity contribution is 6.04. The third-order valence-electron chi connectivity index (χ3n) is 6.70. The molecule has 8 heteroatoms. The number of hydrogen-bond donors (Lipinski definition) is 1. The van der Waals surface area contributed by atoms with E-state index in [1.165, 1.54) is 6.92 Å². The first-order valence-corrected chi connectivity index (χ1v) is 13.4. The smallest absolute Gasteiger partial charge is 0.309 e. The topological polar surface area (TPSA) is 91.7 Å². The summed E-state index contributed by atoms with van der Waals surface area (Å²) in [5.74, 6) is 0.704. The van der Waals surface area contributed by atoms with E-state index in [0.29, 0.717) is 34.0 Å². The summed E-state index contributed by atoms with van der Waals surface area (Å²) in [5.41, 5.74) is 6.62. The van der Waals surface area contributed by atoms with Gasteiger partial charge in [-0.3, -0.25) is 9.59 Å². The first-order chi connectivity index (χ1) is 20.3. The highest BCUT2D eigenvalue weighted by Gasteiger charge is 2.25. The third-order valence-corrected chi connectivity index (χ3v) is 6.70. The Balaban J connectivity index is 1.64. The van der Waals surface area contributed by atoms with Crippen LogP contribution < -0.4 is 19.5 Å². The Morgan fingerprint density at radius 1 is 0.762 bits per heavy atom. The number of methoxy groups -OCH3 is 2. The van der Waals surface area contributed by atoms with E-state index >= 15 is 0 Å². The number of hydrogen-bond acceptors (Lipinski definition) is 6. The fourth-order valence-corrected chi connectivity index (χ4v) is 4.72. The van der Waals surface area contributed by atoms with E-state index in [9.17, 15) is 9.59 Å². The van der Waals surface area contributed by atoms with Crippen LogP contribution in [0.4, 0.5) is 5.69 Å². The minimum Gasteiger partial charge on any atom is -0.493 e. The largest absolute Gasteiger partial charge is 0.493 e. The van der Waals surface area contributed by atoms with Crippen molar-refractivity contribution in [2.45, 2.75) is 20.8 Å². The van der Waals surface area contributed by atoms with Crippen molar-refractivity contribution in [1.29, 1.82) is 0 Å². The minimum atomic E-state index is -0.481. The molecule has 0 unspecified atom stereocenters. The average Bonchev–Trinajstić information content (AvgIpc) is 3.35. The molecule has 0 aliphatic carbocycles. The molecule has 0 fully saturated rings. The van der Waals surface area contributed by atoms with E-state index in [2.05, 4.69) is 5.32 Å². The molecule has 1 amide bonds. The van der Waals surface area contributed by atoms with Crippen LogP contribution in [0.15, 0.2) is 91.0 Å². The van der Waals surface area contributed by atoms with Crippen LogP contribution in [0.3, 0.4) is 0 Å². The Labute approximate surface area is 244 Å². The van der Waals surface area contributed by atoms with Gasteiger partial charge >= 0.3 is 5.97 Å². The van der Waals surface area contributed by atoms with Gasteiger partial charge in [0, 0.05) is 23.7 Å². The molecule has 1 N–H and O–H groups in total. The fraction of sp³-hybridized carbons (Fsp3) is 0.147. The van der Waals surface area contributed by atoms with E-state index in [1.807, 2.05) is 92.7 Å². The van der Waals surface area contributed by atoms with Crippen molar-refractivity contribution in [3.63, 3.8) is 0 Å². The lowest BCUT2D eigenvalue weighted by molar-refractivity contribution is -0.132. The van der Waals surface area contributed by atoms with Gasteiger partial charge in [0.05, 0.1) is 25.5 Å². The zero-order chi connectivity index (χ0) is 29.8. The number of benzene rings is 4. The van der Waals surface area contributed by atoms with Crippen LogP contribution in [-0.2, 0) is 4.79 Å². The minimum absolute atomic E-state index is 0.203. The molecule has 5 rings (SSSR count). The Kier molecular flexibility index (Phi) is 8.06. The van der Waals surface area contributed by atoms with Gasteiger partial charge in [-0.05, 0) is 79.6 Å². The molecule has 0 bridgehead atoms. The number of aryl methyl sites for hydroxylation is 2. The number of carbonyl (C=O) groups is 2. The number of aromatic nitrogens is 2. The standard InChI is InChI=1S/C34H31N3O5/c1-21-8-6-10-26(18-21)33(39)35-27-15-12-24(13-16-27)31-32(25-14-17-29(40-4)30(20-25)41-5)36-37(34(31)42-23(3)38)28-11-7-9-22(2)19-28/h6-20H,1-5H3,(H,35,39). The van der Waals surface area contributed by atoms with Crippen molar-refractivity contribution < 1.29 is 23.8 Å². The van der Waals surface area contributed by atoms with Crippen molar-refractivity contribution in [1.82, 2.24) is 9.78 Å². The average molecular weight is 562 g/mol. The Morgan fingerprint density at radius 3 is 2.07 bits per heavy atom. The van der Waals surface area contributed by atoms with Crippen LogP contribution in [0.5, 0.6) is 17.4 Å². The van der Waals surface area contributed by atoms with E-state index in [-0.39, 0.29) is 11.8 Å². The van der Waals surface area contributed by atoms with Gasteiger partial charge in [-0.15, -0.1) is 0 Å². The number of carbonyl (C=O) groups excluding carboxylic acids is 2. The van der Waals surface area contributed by atoms with Gasteiger partial charge in [0.2, 0.25) is 5.88 Å². The lowest BCUT2D eigenvalue weighted by Gasteiger charge is -2.12. The first-order valence-electron chi connectivity index (χ1n) is 13.4. The molecular weight excluding hydrogens is 530 g/mol. The number of nitrogens with zero attached hydrogens (tertiary/aromatic N) is 2. The second kappa shape index (κ2) is 12.0. The summed E-state index contributed by atoms with van der Waals surface area (Å²) in [6, 6.07) is 28.0. The predicted octanol–water partition coefficient (Wildman–Crippen LogP) is 7.02. The summed E-state index contributed by atoms with van der Waals surface area (Å²) in [4.78, 5) is 25.2. The van der Waals surface area contributed by atoms with E-state index < -0.39 is 5.97 Å². The highest BCUT2D eigenvalue weighted by atomic mass is 16.5. The quantitative estimate of drug-likeness (QED) is 0.205. The Morgan fingerprint density at radius 2 is 1.43 bits per heavy atom. The van der Waals surface area contributed by atoms with Gasteiger partial charge in [0.15, 0.2) is 11.5 Å². The molecule has 0 saturated carbocycles. The van der Waals surface area contributed by atoms with Crippen molar-refractivity contribution in [3.05, 3.63) is 108 Å². The van der Waals surface area contributed by atoms with Gasteiger partial charge in [0.25, 0.3) is 5.91 Å². The molecule has 1 heterocycles. The third kappa shape index (κ3) is 5.88. The number of anilines is 1. The number of ether oxygens (including phenoxy) is 3. The molecule has 5 aromatic rings. The molecule has 0 saturated heterocycles. The van der Waals surface area contributed by atoms with Crippen molar-refractivity contribution in [3.8, 4) is 45.5 Å². The summed E-state index contributed by atoms with van der Waals surface area (Å²) in [5, 5.41) is 7.89. The normalized spacial score (nSPS) is 10.7. The molecule has 0 aliphatic heterocycles. The van der Waals surface area contributed by atoms with E-state index in [4.69, 9.17) is 19.3 Å². The summed E-state index contributed by atoms with van der Waals surface area (Å²) >= 11 is 0. The number of rotatable bonds is 8. The summed E-state index contributed by atoms with van der Waals surface area (Å²) in [6.07, 6.45) is 0. The van der Waals surface area contributed by atoms with Crippen molar-refractivity contribution in [2.75, 3.05) is 19.5 Å². The van der Waals surface area contributed by atoms with Gasteiger partial charge in [-0.25, -0.2) is 0 Å². The number of nitrogens with one attached hydrogen (secondary N) is 1. The summed E-state index contributed by atoms with van der Waals surface area (Å²) in [7, 11) is 3.15. The lowest BCUT2D eigenvalue weighted by Crippen LogP contribution is -2.11. The maximum atomic E-state index is 12.8. The molecule has 0 radical (unpaired) electrons. The van der Waals surface area contributed by atoms with Crippen molar-refractivity contribution >= 4 is 17.6 Å². The second-order valence-electron chi connectivity index (χ2n) is 9.84. The molecule has 0 aliphatic rings. The van der Waals surface area contributed by atoms with E-state index in [1.54, 1.807) is 31.0 Å². The zero-order valence-electron chi connectivity index (χ0n) is 24.1. The molecule has 0 atom stereocenters. The van der Waals surface area contributed by atoms with Crippen LogP contribution in [0.2, 0.25) is 0 Å². The maximum Gasteiger partial charge on any atom is 0.309 e. The second-order valence-corrected chi connectivity index (χ2v) is 9.84. The predicted molar refractivity (Wildman–Crippen MR) is 163 cm³/mol. The molecule has 8 nitrogen and oxygen atoms in total. The Hall–Kier alpha value is -5.37. The van der Waals surface area contributed by atoms with Crippen molar-refractivity contribution in [2.24, 2.45) is 0 Å². The molecule has 42 heavy (non-hydrogen) atoms. The summed E-state index contributed by atoms with van der Waals surface area (Å²) in [6.45, 7) is 5.29. The van der Waals surface area contributed by atoms with Gasteiger partial charge in [-0.2, -0.15) is 9.78 Å². The molecule has 212 valence electrons. The lowest BCUT2D eigenvalue weighted by atomic mass is 10.0. The van der Waals surface area contributed by atoms with Gasteiger partial charge in [0.1, 0.15) is 5.69 Å². The van der Waals surface area contributed by atoms with Crippen LogP contribution in [0.1, 0.15) is 28.4 Å². The monoisotopic (exact) mass is 561 g/mol. The molecule has 4 aromatic carbocycles. The van der Waals surface area contributed by atoms with Crippen LogP contribution in [0.25, 0.3) is 28.1 Å². The maximum absolute atomic E-state index is 12.8. The highest BCUT2D eigenvalue weighted by Crippen LogP contribution is 2.43. The first kappa shape index (κ1) is 28.2. The van der Waals surface area contributed by atoms with Crippen LogP contribution in [0, 0.1) is 13.8 Å². The Bertz CT molecular complexity index is 1770. The molecule has 0 spiro atoms. The van der Waals surface area contributed by atoms with E-state index in [0.717, 1.165) is 27.9 Å². The molecule has 1 aromatic heterocycles. The van der Waals surface area contributed by atoms with Crippen LogP contribution in [-0.4, -0.2) is 35.9 Å². The van der Waals surface area contributed by atoms with Gasteiger partial charge < -0.3 is 19.5 Å². The van der Waals surface area contributed by atoms with Gasteiger partial charge in [-0.1, -0.05) is 42.0 Å². The SMILES string of the molecule is COc1ccc(-c2nn(-c3cccc(C)c3)c(OC(C)=O)c2-c2ccc(NC(=O)c3cccc(C)c3)cc2)cc1OC.